The first kappa shape index (κ1) is 12.4. The van der Waals surface area contributed by atoms with E-state index in [0.29, 0.717) is 6.04 Å². The summed E-state index contributed by atoms with van der Waals surface area (Å²) in [7, 11) is 0. The summed E-state index contributed by atoms with van der Waals surface area (Å²) in [4.78, 5) is 2.26. The molecule has 1 unspecified atom stereocenters. The Bertz CT molecular complexity index is 378. The number of β-amino-alcohol motifs (C(OH)–C–C–N with tert-alkyl or cyclic N) is 1. The van der Waals surface area contributed by atoms with Crippen molar-refractivity contribution in [2.75, 3.05) is 31.1 Å². The highest BCUT2D eigenvalue weighted by atomic mass is 16.3. The molecule has 0 saturated carbocycles. The van der Waals surface area contributed by atoms with Gasteiger partial charge in [0, 0.05) is 24.8 Å². The van der Waals surface area contributed by atoms with Crippen LogP contribution in [-0.4, -0.2) is 31.3 Å². The van der Waals surface area contributed by atoms with Gasteiger partial charge in [0.25, 0.3) is 0 Å². The highest BCUT2D eigenvalue weighted by Gasteiger charge is 2.19. The summed E-state index contributed by atoms with van der Waals surface area (Å²) in [5.41, 5.74) is 4.07. The minimum absolute atomic E-state index is 0.231. The first-order chi connectivity index (χ1) is 8.26. The van der Waals surface area contributed by atoms with Crippen LogP contribution in [0.1, 0.15) is 31.0 Å². The minimum Gasteiger partial charge on any atom is -0.395 e. The molecule has 1 aromatic rings. The number of nitrogens with zero attached hydrogens (tertiary/aromatic N) is 1. The highest BCUT2D eigenvalue weighted by molar-refractivity contribution is 5.59. The number of hydrogen-bond acceptors (Lipinski definition) is 3. The summed E-state index contributed by atoms with van der Waals surface area (Å²) in [6.45, 7) is 7.34. The van der Waals surface area contributed by atoms with Crippen LogP contribution in [0.25, 0.3) is 0 Å². The molecule has 0 aliphatic carbocycles. The van der Waals surface area contributed by atoms with Gasteiger partial charge in [-0.25, -0.2) is 0 Å². The maximum atomic E-state index is 9.01. The van der Waals surface area contributed by atoms with Crippen molar-refractivity contribution >= 4 is 5.69 Å². The van der Waals surface area contributed by atoms with E-state index in [4.69, 9.17) is 5.11 Å². The molecule has 94 valence electrons. The Morgan fingerprint density at radius 1 is 1.47 bits per heavy atom. The molecule has 1 aliphatic rings. The van der Waals surface area contributed by atoms with Crippen LogP contribution in [0.5, 0.6) is 0 Å². The fraction of sp³-hybridized carbons (Fsp3) is 0.571. The predicted octanol–water partition coefficient (Wildman–Crippen LogP) is 1.71. The van der Waals surface area contributed by atoms with Crippen molar-refractivity contribution in [3.63, 3.8) is 0 Å². The summed E-state index contributed by atoms with van der Waals surface area (Å²) in [6, 6.07) is 7.11. The second kappa shape index (κ2) is 5.52. The number of aliphatic hydroxyl groups excluding tert-OH is 1. The average Bonchev–Trinajstić information content (AvgIpc) is 2.73. The van der Waals surface area contributed by atoms with Crippen LogP contribution in [0.2, 0.25) is 0 Å². The van der Waals surface area contributed by atoms with E-state index in [2.05, 4.69) is 42.3 Å². The molecule has 1 heterocycles. The lowest BCUT2D eigenvalue weighted by Gasteiger charge is -2.19. The molecule has 2 rings (SSSR count). The predicted molar refractivity (Wildman–Crippen MR) is 71.5 cm³/mol. The number of aliphatic hydroxyl groups is 1. The van der Waals surface area contributed by atoms with Gasteiger partial charge < -0.3 is 15.3 Å². The topological polar surface area (TPSA) is 35.5 Å². The fourth-order valence-electron chi connectivity index (χ4n) is 2.54. The SMILES string of the molecule is CCNC(C)c1ccc2c(c1)CCN2CCO. The smallest absolute Gasteiger partial charge is 0.0606 e. The molecule has 3 nitrogen and oxygen atoms in total. The molecule has 0 fully saturated rings. The third kappa shape index (κ3) is 2.61. The molecule has 1 aromatic carbocycles. The normalized spacial score (nSPS) is 16.1. The number of nitrogens with one attached hydrogen (secondary N) is 1. The van der Waals surface area contributed by atoms with Gasteiger partial charge in [-0.2, -0.15) is 0 Å². The van der Waals surface area contributed by atoms with Crippen LogP contribution < -0.4 is 10.2 Å². The van der Waals surface area contributed by atoms with Crippen molar-refractivity contribution in [3.8, 4) is 0 Å². The first-order valence-corrected chi connectivity index (χ1v) is 6.48. The van der Waals surface area contributed by atoms with E-state index < -0.39 is 0 Å². The van der Waals surface area contributed by atoms with Crippen molar-refractivity contribution in [2.45, 2.75) is 26.3 Å². The Balaban J connectivity index is 2.16. The van der Waals surface area contributed by atoms with Crippen molar-refractivity contribution in [3.05, 3.63) is 29.3 Å². The fourth-order valence-corrected chi connectivity index (χ4v) is 2.54. The number of benzene rings is 1. The third-order valence-corrected chi connectivity index (χ3v) is 3.48. The number of hydrogen-bond donors (Lipinski definition) is 2. The molecule has 0 amide bonds. The lowest BCUT2D eigenvalue weighted by molar-refractivity contribution is 0.303. The van der Waals surface area contributed by atoms with Crippen LogP contribution in [0.15, 0.2) is 18.2 Å². The van der Waals surface area contributed by atoms with E-state index >= 15 is 0 Å². The molecule has 2 N–H and O–H groups in total. The second-order valence-corrected chi connectivity index (χ2v) is 4.63. The molecular formula is C14H22N2O. The Morgan fingerprint density at radius 2 is 2.29 bits per heavy atom. The second-order valence-electron chi connectivity index (χ2n) is 4.63. The van der Waals surface area contributed by atoms with E-state index in [1.54, 1.807) is 0 Å². The molecule has 0 bridgehead atoms. The summed E-state index contributed by atoms with van der Waals surface area (Å²) >= 11 is 0. The number of anilines is 1. The molecule has 0 spiro atoms. The van der Waals surface area contributed by atoms with Gasteiger partial charge >= 0.3 is 0 Å². The summed E-state index contributed by atoms with van der Waals surface area (Å²) in [5, 5.41) is 12.4. The van der Waals surface area contributed by atoms with E-state index in [1.165, 1.54) is 16.8 Å². The molecule has 0 aromatic heterocycles. The van der Waals surface area contributed by atoms with Gasteiger partial charge in [-0.05, 0) is 37.1 Å². The highest BCUT2D eigenvalue weighted by Crippen LogP contribution is 2.30. The van der Waals surface area contributed by atoms with Gasteiger partial charge in [-0.1, -0.05) is 19.1 Å². The van der Waals surface area contributed by atoms with Gasteiger partial charge in [0.2, 0.25) is 0 Å². The van der Waals surface area contributed by atoms with E-state index in [-0.39, 0.29) is 6.61 Å². The summed E-state index contributed by atoms with van der Waals surface area (Å²) < 4.78 is 0. The van der Waals surface area contributed by atoms with E-state index in [1.807, 2.05) is 0 Å². The van der Waals surface area contributed by atoms with Gasteiger partial charge in [-0.3, -0.25) is 0 Å². The van der Waals surface area contributed by atoms with Crippen molar-refractivity contribution < 1.29 is 5.11 Å². The number of fused-ring (bicyclic) bond motifs is 1. The van der Waals surface area contributed by atoms with E-state index in [0.717, 1.165) is 26.1 Å². The largest absolute Gasteiger partial charge is 0.395 e. The van der Waals surface area contributed by atoms with Crippen LogP contribution >= 0.6 is 0 Å². The number of rotatable bonds is 5. The molecular weight excluding hydrogens is 212 g/mol. The van der Waals surface area contributed by atoms with Gasteiger partial charge in [0.05, 0.1) is 6.61 Å². The first-order valence-electron chi connectivity index (χ1n) is 6.48. The maximum Gasteiger partial charge on any atom is 0.0606 e. The van der Waals surface area contributed by atoms with Crippen LogP contribution in [0, 0.1) is 0 Å². The Hall–Kier alpha value is -1.06. The maximum absolute atomic E-state index is 9.01. The van der Waals surface area contributed by atoms with Crippen LogP contribution in [0.4, 0.5) is 5.69 Å². The zero-order chi connectivity index (χ0) is 12.3. The van der Waals surface area contributed by atoms with Gasteiger partial charge in [-0.15, -0.1) is 0 Å². The molecule has 1 atom stereocenters. The molecule has 3 heteroatoms. The van der Waals surface area contributed by atoms with Crippen LogP contribution in [-0.2, 0) is 6.42 Å². The quantitative estimate of drug-likeness (QED) is 0.814. The van der Waals surface area contributed by atoms with Gasteiger partial charge in [0.1, 0.15) is 0 Å². The molecule has 0 saturated heterocycles. The molecule has 0 radical (unpaired) electrons. The van der Waals surface area contributed by atoms with Gasteiger partial charge in [0.15, 0.2) is 0 Å². The van der Waals surface area contributed by atoms with Crippen molar-refractivity contribution in [2.24, 2.45) is 0 Å². The molecule has 1 aliphatic heterocycles. The van der Waals surface area contributed by atoms with Crippen molar-refractivity contribution in [1.82, 2.24) is 5.32 Å². The zero-order valence-corrected chi connectivity index (χ0v) is 10.7. The lowest BCUT2D eigenvalue weighted by atomic mass is 10.0. The monoisotopic (exact) mass is 234 g/mol. The minimum atomic E-state index is 0.231. The standard InChI is InChI=1S/C14H22N2O/c1-3-15-11(2)12-4-5-14-13(10-12)6-7-16(14)8-9-17/h4-5,10-11,15,17H,3,6-9H2,1-2H3. The van der Waals surface area contributed by atoms with E-state index in [9.17, 15) is 0 Å². The summed E-state index contributed by atoms with van der Waals surface area (Å²) in [5.74, 6) is 0. The summed E-state index contributed by atoms with van der Waals surface area (Å²) in [6.07, 6.45) is 1.10. The lowest BCUT2D eigenvalue weighted by Crippen LogP contribution is -2.24. The zero-order valence-electron chi connectivity index (χ0n) is 10.7. The molecule has 17 heavy (non-hydrogen) atoms. The Labute approximate surface area is 103 Å². The van der Waals surface area contributed by atoms with Crippen LogP contribution in [0.3, 0.4) is 0 Å². The Kier molecular flexibility index (Phi) is 4.02. The van der Waals surface area contributed by atoms with Crippen molar-refractivity contribution in [1.29, 1.82) is 0 Å². The third-order valence-electron chi connectivity index (χ3n) is 3.48. The average molecular weight is 234 g/mol. The Morgan fingerprint density at radius 3 is 3.00 bits per heavy atom.